The molecule has 2 aromatic carbocycles. The first-order valence-corrected chi connectivity index (χ1v) is 11.4. The molecule has 4 nitrogen and oxygen atoms in total. The first-order valence-electron chi connectivity index (χ1n) is 11.4. The number of nitrogens with zero attached hydrogens (tertiary/aromatic N) is 2. The molecule has 1 aliphatic heterocycles. The van der Waals surface area contributed by atoms with E-state index in [1.54, 1.807) is 0 Å². The standard InChI is InChI=1S/C26H36N2O2/c1-4-16-26(28(5-2)6-3,21-22-10-8-7-9-11-22)25(29)23-12-14-24(15-13-23)27-17-19-30-20-18-27/h7-15H,4-6,16-21H2,1-3H3. The molecule has 0 radical (unpaired) electrons. The van der Waals surface area contributed by atoms with Gasteiger partial charge in [0.1, 0.15) is 0 Å². The van der Waals surface area contributed by atoms with Gasteiger partial charge in [-0.25, -0.2) is 0 Å². The molecule has 0 N–H and O–H groups in total. The maximum absolute atomic E-state index is 14.0. The van der Waals surface area contributed by atoms with Crippen LogP contribution >= 0.6 is 0 Å². The summed E-state index contributed by atoms with van der Waals surface area (Å²) in [4.78, 5) is 18.7. The summed E-state index contributed by atoms with van der Waals surface area (Å²) in [5.74, 6) is 0.241. The van der Waals surface area contributed by atoms with E-state index in [2.05, 4.69) is 67.0 Å². The summed E-state index contributed by atoms with van der Waals surface area (Å²) >= 11 is 0. The molecule has 0 spiro atoms. The SMILES string of the molecule is CCCC(Cc1ccccc1)(C(=O)c1ccc(N2CCOCC2)cc1)N(CC)CC. The molecule has 1 aliphatic rings. The third-order valence-corrected chi connectivity index (χ3v) is 6.30. The number of ether oxygens (including phenoxy) is 1. The molecule has 1 saturated heterocycles. The van der Waals surface area contributed by atoms with E-state index in [9.17, 15) is 4.79 Å². The highest BCUT2D eigenvalue weighted by atomic mass is 16.5. The van der Waals surface area contributed by atoms with Crippen LogP contribution in [-0.2, 0) is 11.2 Å². The van der Waals surface area contributed by atoms with Gasteiger partial charge in [-0.1, -0.05) is 57.5 Å². The van der Waals surface area contributed by atoms with Gasteiger partial charge in [-0.3, -0.25) is 9.69 Å². The highest BCUT2D eigenvalue weighted by Gasteiger charge is 2.42. The fourth-order valence-electron chi connectivity index (χ4n) is 4.79. The molecule has 1 fully saturated rings. The Morgan fingerprint density at radius 3 is 2.17 bits per heavy atom. The number of ketones is 1. The summed E-state index contributed by atoms with van der Waals surface area (Å²) < 4.78 is 5.46. The zero-order valence-corrected chi connectivity index (χ0v) is 18.8. The number of carbonyl (C=O) groups is 1. The second-order valence-electron chi connectivity index (χ2n) is 8.09. The molecule has 1 heterocycles. The third kappa shape index (κ3) is 4.93. The topological polar surface area (TPSA) is 32.8 Å². The minimum atomic E-state index is -0.514. The first-order chi connectivity index (χ1) is 14.6. The number of likely N-dealkylation sites (N-methyl/N-ethyl adjacent to an activating group) is 1. The first kappa shape index (κ1) is 22.5. The number of morpholine rings is 1. The Hall–Kier alpha value is -2.17. The quantitative estimate of drug-likeness (QED) is 0.527. The Labute approximate surface area is 181 Å². The summed E-state index contributed by atoms with van der Waals surface area (Å²) in [6, 6.07) is 18.7. The molecule has 1 unspecified atom stereocenters. The number of rotatable bonds is 10. The zero-order valence-electron chi connectivity index (χ0n) is 18.8. The second-order valence-corrected chi connectivity index (χ2v) is 8.09. The highest BCUT2D eigenvalue weighted by Crippen LogP contribution is 2.31. The lowest BCUT2D eigenvalue weighted by Crippen LogP contribution is -2.56. The van der Waals surface area contributed by atoms with Crippen LogP contribution in [0.15, 0.2) is 54.6 Å². The van der Waals surface area contributed by atoms with Crippen LogP contribution in [0.1, 0.15) is 49.5 Å². The van der Waals surface area contributed by atoms with Crippen molar-refractivity contribution in [2.75, 3.05) is 44.3 Å². The van der Waals surface area contributed by atoms with Crippen molar-refractivity contribution in [3.8, 4) is 0 Å². The zero-order chi connectivity index (χ0) is 21.4. The van der Waals surface area contributed by atoms with Crippen molar-refractivity contribution < 1.29 is 9.53 Å². The van der Waals surface area contributed by atoms with Crippen LogP contribution in [0.25, 0.3) is 0 Å². The van der Waals surface area contributed by atoms with Crippen molar-refractivity contribution in [2.45, 2.75) is 45.6 Å². The molecule has 30 heavy (non-hydrogen) atoms. The Balaban J connectivity index is 1.93. The molecule has 4 heteroatoms. The predicted octanol–water partition coefficient (Wildman–Crippen LogP) is 4.83. The largest absolute Gasteiger partial charge is 0.378 e. The van der Waals surface area contributed by atoms with Gasteiger partial charge in [0.15, 0.2) is 5.78 Å². The van der Waals surface area contributed by atoms with Crippen LogP contribution in [0.5, 0.6) is 0 Å². The number of carbonyl (C=O) groups excluding carboxylic acids is 1. The van der Waals surface area contributed by atoms with Crippen LogP contribution in [-0.4, -0.2) is 55.6 Å². The minimum absolute atomic E-state index is 0.241. The summed E-state index contributed by atoms with van der Waals surface area (Å²) in [5, 5.41) is 0. The Bertz CT molecular complexity index is 780. The van der Waals surface area contributed by atoms with E-state index in [-0.39, 0.29) is 5.78 Å². The van der Waals surface area contributed by atoms with Crippen LogP contribution < -0.4 is 4.90 Å². The normalized spacial score (nSPS) is 16.5. The van der Waals surface area contributed by atoms with E-state index >= 15 is 0 Å². The van der Waals surface area contributed by atoms with Gasteiger partial charge in [0, 0.05) is 24.3 Å². The number of hydrogen-bond donors (Lipinski definition) is 0. The maximum Gasteiger partial charge on any atom is 0.183 e. The van der Waals surface area contributed by atoms with E-state index < -0.39 is 5.54 Å². The molecule has 162 valence electrons. The molecule has 0 saturated carbocycles. The van der Waals surface area contributed by atoms with Crippen LogP contribution in [0.3, 0.4) is 0 Å². The summed E-state index contributed by atoms with van der Waals surface area (Å²) in [7, 11) is 0. The van der Waals surface area contributed by atoms with Crippen molar-refractivity contribution in [1.29, 1.82) is 0 Å². The van der Waals surface area contributed by atoms with Gasteiger partial charge in [0.05, 0.1) is 18.8 Å². The molecular weight excluding hydrogens is 372 g/mol. The molecule has 0 aliphatic carbocycles. The van der Waals surface area contributed by atoms with Gasteiger partial charge in [0.2, 0.25) is 0 Å². The number of Topliss-reactive ketones (excluding diaryl/α,β-unsaturated/α-hetero) is 1. The number of hydrogen-bond acceptors (Lipinski definition) is 4. The van der Waals surface area contributed by atoms with E-state index in [1.165, 1.54) is 11.3 Å². The van der Waals surface area contributed by atoms with Crippen molar-refractivity contribution >= 4 is 11.5 Å². The minimum Gasteiger partial charge on any atom is -0.378 e. The molecule has 2 aromatic rings. The van der Waals surface area contributed by atoms with Crippen molar-refractivity contribution in [2.24, 2.45) is 0 Å². The monoisotopic (exact) mass is 408 g/mol. The Kier molecular flexibility index (Phi) is 8.06. The molecular formula is C26H36N2O2. The van der Waals surface area contributed by atoms with Crippen molar-refractivity contribution in [3.63, 3.8) is 0 Å². The van der Waals surface area contributed by atoms with Gasteiger partial charge < -0.3 is 9.64 Å². The smallest absolute Gasteiger partial charge is 0.183 e. The van der Waals surface area contributed by atoms with Crippen LogP contribution in [0.4, 0.5) is 5.69 Å². The average molecular weight is 409 g/mol. The molecule has 3 rings (SSSR count). The molecule has 1 atom stereocenters. The van der Waals surface area contributed by atoms with E-state index in [0.29, 0.717) is 0 Å². The lowest BCUT2D eigenvalue weighted by atomic mass is 9.78. The molecule has 0 aromatic heterocycles. The van der Waals surface area contributed by atoms with Gasteiger partial charge in [-0.15, -0.1) is 0 Å². The van der Waals surface area contributed by atoms with Gasteiger partial charge in [-0.05, 0) is 55.8 Å². The van der Waals surface area contributed by atoms with Gasteiger partial charge in [-0.2, -0.15) is 0 Å². The average Bonchev–Trinajstić information content (AvgIpc) is 2.81. The Morgan fingerprint density at radius 1 is 0.967 bits per heavy atom. The number of benzene rings is 2. The summed E-state index contributed by atoms with van der Waals surface area (Å²) in [6.07, 6.45) is 2.57. The van der Waals surface area contributed by atoms with E-state index in [4.69, 9.17) is 4.74 Å². The summed E-state index contributed by atoms with van der Waals surface area (Å²) in [5.41, 5.74) is 2.68. The van der Waals surface area contributed by atoms with Gasteiger partial charge >= 0.3 is 0 Å². The fraction of sp³-hybridized carbons (Fsp3) is 0.500. The fourth-order valence-corrected chi connectivity index (χ4v) is 4.79. The van der Waals surface area contributed by atoms with Crippen LogP contribution in [0.2, 0.25) is 0 Å². The number of anilines is 1. The van der Waals surface area contributed by atoms with Crippen LogP contribution in [0, 0.1) is 0 Å². The second kappa shape index (κ2) is 10.7. The lowest BCUT2D eigenvalue weighted by Gasteiger charge is -2.42. The maximum atomic E-state index is 14.0. The third-order valence-electron chi connectivity index (χ3n) is 6.30. The molecule has 0 bridgehead atoms. The van der Waals surface area contributed by atoms with E-state index in [1.807, 2.05) is 18.2 Å². The molecule has 0 amide bonds. The van der Waals surface area contributed by atoms with E-state index in [0.717, 1.165) is 64.2 Å². The summed E-state index contributed by atoms with van der Waals surface area (Å²) in [6.45, 7) is 11.6. The highest BCUT2D eigenvalue weighted by molar-refractivity contribution is 6.03. The van der Waals surface area contributed by atoms with Crippen molar-refractivity contribution in [3.05, 3.63) is 65.7 Å². The van der Waals surface area contributed by atoms with Gasteiger partial charge in [0.25, 0.3) is 0 Å². The Morgan fingerprint density at radius 2 is 1.60 bits per heavy atom. The van der Waals surface area contributed by atoms with Crippen molar-refractivity contribution in [1.82, 2.24) is 4.90 Å². The predicted molar refractivity (Wildman–Crippen MR) is 125 cm³/mol. The lowest BCUT2D eigenvalue weighted by molar-refractivity contribution is 0.0528.